The summed E-state index contributed by atoms with van der Waals surface area (Å²) in [5.74, 6) is -0.416. The summed E-state index contributed by atoms with van der Waals surface area (Å²) in [6, 6.07) is 7.01. The predicted molar refractivity (Wildman–Crippen MR) is 51.9 cm³/mol. The van der Waals surface area contributed by atoms with Gasteiger partial charge in [-0.25, -0.2) is 4.79 Å². The molecule has 0 amide bonds. The molecule has 1 atom stereocenters. The third-order valence-electron chi connectivity index (χ3n) is 1.47. The van der Waals surface area contributed by atoms with E-state index in [0.29, 0.717) is 5.75 Å². The number of carboxylic acids is 1. The lowest BCUT2D eigenvalue weighted by Gasteiger charge is -2.09. The van der Waals surface area contributed by atoms with Gasteiger partial charge in [0.2, 0.25) is 0 Å². The van der Waals surface area contributed by atoms with E-state index in [0.717, 1.165) is 4.47 Å². The van der Waals surface area contributed by atoms with Gasteiger partial charge in [-0.3, -0.25) is 0 Å². The maximum Gasteiger partial charge on any atom is 0.344 e. The Kier molecular flexibility index (Phi) is 3.31. The molecule has 0 aromatic heterocycles. The van der Waals surface area contributed by atoms with Crippen LogP contribution in [-0.4, -0.2) is 17.2 Å². The molecular formula is C9H9BrO3. The van der Waals surface area contributed by atoms with Gasteiger partial charge < -0.3 is 9.84 Å². The second-order valence-corrected chi connectivity index (χ2v) is 3.47. The molecular weight excluding hydrogens is 236 g/mol. The largest absolute Gasteiger partial charge is 0.479 e. The minimum atomic E-state index is -0.970. The van der Waals surface area contributed by atoms with Crippen molar-refractivity contribution in [2.24, 2.45) is 0 Å². The fourth-order valence-corrected chi connectivity index (χ4v) is 1.03. The van der Waals surface area contributed by atoms with Crippen LogP contribution in [0.4, 0.5) is 0 Å². The topological polar surface area (TPSA) is 46.5 Å². The molecule has 70 valence electrons. The second kappa shape index (κ2) is 4.28. The number of carboxylic acid groups (broad SMARTS) is 1. The highest BCUT2D eigenvalue weighted by atomic mass is 79.9. The minimum absolute atomic E-state index is 0.554. The third kappa shape index (κ3) is 3.06. The van der Waals surface area contributed by atoms with Crippen molar-refractivity contribution in [3.8, 4) is 5.75 Å². The van der Waals surface area contributed by atoms with E-state index in [1.807, 2.05) is 0 Å². The second-order valence-electron chi connectivity index (χ2n) is 2.55. The zero-order chi connectivity index (χ0) is 9.84. The zero-order valence-corrected chi connectivity index (χ0v) is 8.61. The van der Waals surface area contributed by atoms with Crippen LogP contribution in [0.2, 0.25) is 0 Å². The normalized spacial score (nSPS) is 12.2. The van der Waals surface area contributed by atoms with Crippen molar-refractivity contribution in [2.75, 3.05) is 0 Å². The molecule has 0 saturated carbocycles. The van der Waals surface area contributed by atoms with E-state index >= 15 is 0 Å². The van der Waals surface area contributed by atoms with Gasteiger partial charge in [-0.1, -0.05) is 15.9 Å². The van der Waals surface area contributed by atoms with Crippen molar-refractivity contribution in [3.63, 3.8) is 0 Å². The average molecular weight is 245 g/mol. The SMILES string of the molecule is CC(Oc1ccc(Br)cc1)C(=O)O. The lowest BCUT2D eigenvalue weighted by atomic mass is 10.3. The quantitative estimate of drug-likeness (QED) is 0.888. The van der Waals surface area contributed by atoms with Gasteiger partial charge >= 0.3 is 5.97 Å². The Hall–Kier alpha value is -1.03. The Morgan fingerprint density at radius 3 is 2.46 bits per heavy atom. The summed E-state index contributed by atoms with van der Waals surface area (Å²) in [6.45, 7) is 1.49. The van der Waals surface area contributed by atoms with Crippen molar-refractivity contribution in [3.05, 3.63) is 28.7 Å². The maximum atomic E-state index is 10.4. The Labute approximate surface area is 84.5 Å². The lowest BCUT2D eigenvalue weighted by Crippen LogP contribution is -2.22. The first kappa shape index (κ1) is 10.1. The highest BCUT2D eigenvalue weighted by Gasteiger charge is 2.11. The van der Waals surface area contributed by atoms with Crippen LogP contribution in [0.3, 0.4) is 0 Å². The Morgan fingerprint density at radius 1 is 1.46 bits per heavy atom. The molecule has 1 N–H and O–H groups in total. The summed E-state index contributed by atoms with van der Waals surface area (Å²) in [4.78, 5) is 10.4. The molecule has 0 fully saturated rings. The van der Waals surface area contributed by atoms with Crippen LogP contribution in [0.5, 0.6) is 5.75 Å². The molecule has 0 bridgehead atoms. The standard InChI is InChI=1S/C9H9BrO3/c1-6(9(11)12)13-8-4-2-7(10)3-5-8/h2-6H,1H3,(H,11,12). The number of hydrogen-bond acceptors (Lipinski definition) is 2. The summed E-state index contributed by atoms with van der Waals surface area (Å²) >= 11 is 3.27. The smallest absolute Gasteiger partial charge is 0.344 e. The molecule has 1 aromatic carbocycles. The lowest BCUT2D eigenvalue weighted by molar-refractivity contribution is -0.144. The molecule has 1 rings (SSSR count). The number of hydrogen-bond donors (Lipinski definition) is 1. The van der Waals surface area contributed by atoms with Crippen molar-refractivity contribution < 1.29 is 14.6 Å². The molecule has 4 heteroatoms. The van der Waals surface area contributed by atoms with Gasteiger partial charge in [0.1, 0.15) is 5.75 Å². The number of aliphatic carboxylic acids is 1. The monoisotopic (exact) mass is 244 g/mol. The number of rotatable bonds is 3. The van der Waals surface area contributed by atoms with Crippen LogP contribution in [0.25, 0.3) is 0 Å². The summed E-state index contributed by atoms with van der Waals surface area (Å²) in [7, 11) is 0. The molecule has 0 aliphatic carbocycles. The molecule has 1 aromatic rings. The van der Waals surface area contributed by atoms with Gasteiger partial charge in [-0.05, 0) is 31.2 Å². The highest BCUT2D eigenvalue weighted by Crippen LogP contribution is 2.17. The van der Waals surface area contributed by atoms with Crippen LogP contribution < -0.4 is 4.74 Å². The highest BCUT2D eigenvalue weighted by molar-refractivity contribution is 9.10. The van der Waals surface area contributed by atoms with Crippen molar-refractivity contribution in [1.82, 2.24) is 0 Å². The van der Waals surface area contributed by atoms with Gasteiger partial charge in [0.15, 0.2) is 6.10 Å². The number of carbonyl (C=O) groups is 1. The summed E-state index contributed by atoms with van der Waals surface area (Å²) in [6.07, 6.45) is -0.818. The number of halogens is 1. The van der Waals surface area contributed by atoms with E-state index in [1.165, 1.54) is 6.92 Å². The van der Waals surface area contributed by atoms with E-state index in [2.05, 4.69) is 15.9 Å². The first-order valence-corrected chi connectivity index (χ1v) is 4.54. The first-order chi connectivity index (χ1) is 6.09. The van der Waals surface area contributed by atoms with Crippen LogP contribution >= 0.6 is 15.9 Å². The van der Waals surface area contributed by atoms with Crippen molar-refractivity contribution in [2.45, 2.75) is 13.0 Å². The van der Waals surface area contributed by atoms with Crippen LogP contribution in [0.1, 0.15) is 6.92 Å². The molecule has 13 heavy (non-hydrogen) atoms. The Balaban J connectivity index is 2.64. The van der Waals surface area contributed by atoms with Gasteiger partial charge in [-0.2, -0.15) is 0 Å². The minimum Gasteiger partial charge on any atom is -0.479 e. The van der Waals surface area contributed by atoms with Crippen LogP contribution in [-0.2, 0) is 4.79 Å². The Morgan fingerprint density at radius 2 is 2.00 bits per heavy atom. The fraction of sp³-hybridized carbons (Fsp3) is 0.222. The van der Waals surface area contributed by atoms with Gasteiger partial charge in [0.25, 0.3) is 0 Å². The Bertz CT molecular complexity index is 294. The molecule has 0 saturated heterocycles. The molecule has 0 aliphatic heterocycles. The molecule has 1 unspecified atom stereocenters. The third-order valence-corrected chi connectivity index (χ3v) is 2.00. The van der Waals surface area contributed by atoms with E-state index in [9.17, 15) is 4.79 Å². The average Bonchev–Trinajstić information content (AvgIpc) is 2.08. The van der Waals surface area contributed by atoms with Gasteiger partial charge in [0, 0.05) is 4.47 Å². The molecule has 0 heterocycles. The summed E-state index contributed by atoms with van der Waals surface area (Å²) in [5.41, 5.74) is 0. The van der Waals surface area contributed by atoms with E-state index in [1.54, 1.807) is 24.3 Å². The predicted octanol–water partition coefficient (Wildman–Crippen LogP) is 2.30. The molecule has 3 nitrogen and oxygen atoms in total. The molecule has 0 radical (unpaired) electrons. The first-order valence-electron chi connectivity index (χ1n) is 3.74. The summed E-state index contributed by atoms with van der Waals surface area (Å²) < 4.78 is 6.04. The maximum absolute atomic E-state index is 10.4. The van der Waals surface area contributed by atoms with E-state index in [4.69, 9.17) is 9.84 Å². The zero-order valence-electron chi connectivity index (χ0n) is 7.03. The van der Waals surface area contributed by atoms with Crippen molar-refractivity contribution >= 4 is 21.9 Å². The molecule has 0 spiro atoms. The fourth-order valence-electron chi connectivity index (χ4n) is 0.768. The molecule has 0 aliphatic rings. The summed E-state index contributed by atoms with van der Waals surface area (Å²) in [5, 5.41) is 8.56. The number of ether oxygens (including phenoxy) is 1. The van der Waals surface area contributed by atoms with Gasteiger partial charge in [-0.15, -0.1) is 0 Å². The van der Waals surface area contributed by atoms with Gasteiger partial charge in [0.05, 0.1) is 0 Å². The van der Waals surface area contributed by atoms with Crippen molar-refractivity contribution in [1.29, 1.82) is 0 Å². The van der Waals surface area contributed by atoms with E-state index in [-0.39, 0.29) is 0 Å². The van der Waals surface area contributed by atoms with E-state index < -0.39 is 12.1 Å². The number of benzene rings is 1. The van der Waals surface area contributed by atoms with Crippen LogP contribution in [0, 0.1) is 0 Å². The van der Waals surface area contributed by atoms with Crippen LogP contribution in [0.15, 0.2) is 28.7 Å².